The molecule has 1 atom stereocenters. The Hall–Kier alpha value is -3.02. The molecule has 0 aliphatic carbocycles. The van der Waals surface area contributed by atoms with Crippen LogP contribution in [-0.2, 0) is 4.79 Å². The monoisotopic (exact) mass is 396 g/mol. The number of nitrogens with zero attached hydrogens (tertiary/aromatic N) is 1. The normalized spacial score (nSPS) is 16.0. The summed E-state index contributed by atoms with van der Waals surface area (Å²) in [4.78, 5) is 26.7. The summed E-state index contributed by atoms with van der Waals surface area (Å²) in [5, 5.41) is 2.96. The summed E-state index contributed by atoms with van der Waals surface area (Å²) in [6.07, 6.45) is 2.37. The van der Waals surface area contributed by atoms with Crippen LogP contribution in [0.2, 0.25) is 0 Å². The van der Waals surface area contributed by atoms with Crippen molar-refractivity contribution in [2.45, 2.75) is 39.2 Å². The first-order chi connectivity index (χ1) is 14.1. The number of hydrogen-bond acceptors (Lipinski definition) is 4. The minimum atomic E-state index is -0.220. The topological polar surface area (TPSA) is 67.9 Å². The van der Waals surface area contributed by atoms with Crippen LogP contribution in [0.4, 0.5) is 5.69 Å². The van der Waals surface area contributed by atoms with Crippen molar-refractivity contribution in [3.05, 3.63) is 54.1 Å². The number of benzene rings is 2. The molecule has 0 unspecified atom stereocenters. The highest BCUT2D eigenvalue weighted by Gasteiger charge is 2.31. The van der Waals surface area contributed by atoms with Gasteiger partial charge in [0, 0.05) is 24.2 Å². The van der Waals surface area contributed by atoms with Crippen LogP contribution in [0.25, 0.3) is 0 Å². The maximum absolute atomic E-state index is 12.5. The van der Waals surface area contributed by atoms with E-state index < -0.39 is 0 Å². The van der Waals surface area contributed by atoms with Crippen LogP contribution in [0.5, 0.6) is 11.5 Å². The number of rotatable bonds is 9. The van der Waals surface area contributed by atoms with Crippen molar-refractivity contribution in [2.24, 2.45) is 0 Å². The number of unbranched alkanes of at least 4 members (excludes halogenated alkanes) is 1. The van der Waals surface area contributed by atoms with Gasteiger partial charge in [-0.25, -0.2) is 0 Å². The number of anilines is 1. The number of carbonyl (C=O) groups is 2. The van der Waals surface area contributed by atoms with Crippen LogP contribution >= 0.6 is 0 Å². The number of amides is 2. The number of nitrogens with one attached hydrogen (secondary N) is 1. The van der Waals surface area contributed by atoms with Crippen molar-refractivity contribution in [1.29, 1.82) is 0 Å². The van der Waals surface area contributed by atoms with Crippen LogP contribution in [0.15, 0.2) is 48.5 Å². The molecular formula is C23H28N2O4. The molecule has 0 spiro atoms. The smallest absolute Gasteiger partial charge is 0.251 e. The van der Waals surface area contributed by atoms with Crippen molar-refractivity contribution < 1.29 is 19.1 Å². The second-order valence-electron chi connectivity index (χ2n) is 7.03. The molecule has 6 heteroatoms. The lowest BCUT2D eigenvalue weighted by atomic mass is 10.2. The molecule has 3 rings (SSSR count). The minimum absolute atomic E-state index is 0.000804. The van der Waals surface area contributed by atoms with Gasteiger partial charge in [-0.3, -0.25) is 9.59 Å². The fourth-order valence-corrected chi connectivity index (χ4v) is 3.25. The average molecular weight is 396 g/mol. The van der Waals surface area contributed by atoms with Crippen molar-refractivity contribution in [3.63, 3.8) is 0 Å². The highest BCUT2D eigenvalue weighted by molar-refractivity contribution is 5.99. The molecule has 154 valence electrons. The van der Waals surface area contributed by atoms with Gasteiger partial charge in [-0.15, -0.1) is 0 Å². The van der Waals surface area contributed by atoms with Crippen LogP contribution in [0, 0.1) is 0 Å². The molecule has 0 bridgehead atoms. The standard InChI is InChI=1S/C23H28N2O4/c1-3-5-14-29-21-10-6-17(7-11-21)23(27)24-18-15-22(26)25(16-18)19-8-12-20(13-9-19)28-4-2/h6-13,18H,3-5,14-16H2,1-2H3,(H,24,27)/t18-/m0/s1. The van der Waals surface area contributed by atoms with Crippen LogP contribution < -0.4 is 19.7 Å². The summed E-state index contributed by atoms with van der Waals surface area (Å²) in [6, 6.07) is 14.3. The van der Waals surface area contributed by atoms with Gasteiger partial charge in [-0.05, 0) is 61.9 Å². The molecular weight excluding hydrogens is 368 g/mol. The van der Waals surface area contributed by atoms with E-state index in [2.05, 4.69) is 12.2 Å². The van der Waals surface area contributed by atoms with Gasteiger partial charge in [0.1, 0.15) is 11.5 Å². The zero-order chi connectivity index (χ0) is 20.6. The summed E-state index contributed by atoms with van der Waals surface area (Å²) in [7, 11) is 0. The van der Waals surface area contributed by atoms with Gasteiger partial charge in [0.15, 0.2) is 0 Å². The molecule has 1 heterocycles. The largest absolute Gasteiger partial charge is 0.494 e. The molecule has 0 aromatic heterocycles. The fraction of sp³-hybridized carbons (Fsp3) is 0.391. The van der Waals surface area contributed by atoms with Gasteiger partial charge in [0.2, 0.25) is 5.91 Å². The minimum Gasteiger partial charge on any atom is -0.494 e. The highest BCUT2D eigenvalue weighted by Crippen LogP contribution is 2.24. The summed E-state index contributed by atoms with van der Waals surface area (Å²) >= 11 is 0. The highest BCUT2D eigenvalue weighted by atomic mass is 16.5. The van der Waals surface area contributed by atoms with E-state index in [1.807, 2.05) is 31.2 Å². The van der Waals surface area contributed by atoms with Gasteiger partial charge in [-0.2, -0.15) is 0 Å². The third kappa shape index (κ3) is 5.50. The number of carbonyl (C=O) groups excluding carboxylic acids is 2. The Morgan fingerprint density at radius 3 is 2.34 bits per heavy atom. The first-order valence-electron chi connectivity index (χ1n) is 10.2. The zero-order valence-corrected chi connectivity index (χ0v) is 17.0. The Morgan fingerprint density at radius 1 is 1.03 bits per heavy atom. The third-order valence-electron chi connectivity index (χ3n) is 4.80. The quantitative estimate of drug-likeness (QED) is 0.655. The van der Waals surface area contributed by atoms with Crippen molar-refractivity contribution in [1.82, 2.24) is 5.32 Å². The molecule has 1 N–H and O–H groups in total. The summed E-state index contributed by atoms with van der Waals surface area (Å²) < 4.78 is 11.1. The first kappa shape index (κ1) is 20.7. The van der Waals surface area contributed by atoms with E-state index in [9.17, 15) is 9.59 Å². The molecule has 6 nitrogen and oxygen atoms in total. The SMILES string of the molecule is CCCCOc1ccc(C(=O)N[C@H]2CC(=O)N(c3ccc(OCC)cc3)C2)cc1. The van der Waals surface area contributed by atoms with E-state index in [1.165, 1.54) is 0 Å². The maximum atomic E-state index is 12.5. The summed E-state index contributed by atoms with van der Waals surface area (Å²) in [5.74, 6) is 1.35. The second-order valence-corrected chi connectivity index (χ2v) is 7.03. The van der Waals surface area contributed by atoms with E-state index in [-0.39, 0.29) is 24.3 Å². The number of hydrogen-bond donors (Lipinski definition) is 1. The van der Waals surface area contributed by atoms with Crippen molar-refractivity contribution in [3.8, 4) is 11.5 Å². The summed E-state index contributed by atoms with van der Waals surface area (Å²) in [6.45, 7) is 5.77. The van der Waals surface area contributed by atoms with Crippen molar-refractivity contribution >= 4 is 17.5 Å². The van der Waals surface area contributed by atoms with Crippen LogP contribution in [-0.4, -0.2) is 37.6 Å². The predicted molar refractivity (Wildman–Crippen MR) is 113 cm³/mol. The van der Waals surface area contributed by atoms with E-state index in [0.717, 1.165) is 30.0 Å². The lowest BCUT2D eigenvalue weighted by Crippen LogP contribution is -2.37. The Kier molecular flexibility index (Phi) is 7.11. The molecule has 29 heavy (non-hydrogen) atoms. The molecule has 0 saturated carbocycles. The van der Waals surface area contributed by atoms with Gasteiger partial charge in [0.25, 0.3) is 5.91 Å². The molecule has 1 fully saturated rings. The maximum Gasteiger partial charge on any atom is 0.251 e. The van der Waals surface area contributed by atoms with Gasteiger partial charge in [0.05, 0.1) is 19.3 Å². The second kappa shape index (κ2) is 9.96. The first-order valence-corrected chi connectivity index (χ1v) is 10.2. The molecule has 1 aliphatic heterocycles. The van der Waals surface area contributed by atoms with Crippen LogP contribution in [0.1, 0.15) is 43.5 Å². The lowest BCUT2D eigenvalue weighted by molar-refractivity contribution is -0.117. The van der Waals surface area contributed by atoms with E-state index in [1.54, 1.807) is 29.2 Å². The molecule has 2 amide bonds. The Balaban J connectivity index is 1.55. The molecule has 2 aromatic rings. The van der Waals surface area contributed by atoms with Crippen molar-refractivity contribution in [2.75, 3.05) is 24.7 Å². The predicted octanol–water partition coefficient (Wildman–Crippen LogP) is 3.80. The van der Waals surface area contributed by atoms with Gasteiger partial charge in [-0.1, -0.05) is 13.3 Å². The molecule has 0 radical (unpaired) electrons. The van der Waals surface area contributed by atoms with E-state index in [0.29, 0.717) is 25.3 Å². The van der Waals surface area contributed by atoms with E-state index in [4.69, 9.17) is 9.47 Å². The average Bonchev–Trinajstić information content (AvgIpc) is 3.09. The molecule has 2 aromatic carbocycles. The number of ether oxygens (including phenoxy) is 2. The molecule has 1 saturated heterocycles. The Bertz CT molecular complexity index is 818. The Labute approximate surface area is 171 Å². The Morgan fingerprint density at radius 2 is 1.69 bits per heavy atom. The van der Waals surface area contributed by atoms with Crippen LogP contribution in [0.3, 0.4) is 0 Å². The third-order valence-corrected chi connectivity index (χ3v) is 4.80. The van der Waals surface area contributed by atoms with Gasteiger partial charge >= 0.3 is 0 Å². The zero-order valence-electron chi connectivity index (χ0n) is 17.0. The van der Waals surface area contributed by atoms with E-state index >= 15 is 0 Å². The summed E-state index contributed by atoms with van der Waals surface area (Å²) in [5.41, 5.74) is 1.36. The fourth-order valence-electron chi connectivity index (χ4n) is 3.25. The molecule has 1 aliphatic rings. The lowest BCUT2D eigenvalue weighted by Gasteiger charge is -2.18. The van der Waals surface area contributed by atoms with Gasteiger partial charge < -0.3 is 19.7 Å².